The first-order chi connectivity index (χ1) is 15.7. The predicted octanol–water partition coefficient (Wildman–Crippen LogP) is 1.83. The molecule has 0 fully saturated rings. The van der Waals surface area contributed by atoms with E-state index in [1.807, 2.05) is 0 Å². The highest BCUT2D eigenvalue weighted by Crippen LogP contribution is 2.43. The largest absolute Gasteiger partial charge is 0.633 e. The SMILES string of the molecule is C#Cc1cc(NCC[N+](C)(C)[O-])c2c(c1NCC[N+](C)(C)[O-])C(=O)c1c(O)ccc(O)c1C2=O. The lowest BCUT2D eigenvalue weighted by molar-refractivity contribution is -0.838. The van der Waals surface area contributed by atoms with Crippen LogP contribution >= 0.6 is 0 Å². The number of nitrogens with zero attached hydrogens (tertiary/aromatic N) is 2. The van der Waals surface area contributed by atoms with Gasteiger partial charge in [0, 0.05) is 5.69 Å². The Morgan fingerprint density at radius 3 is 1.79 bits per heavy atom. The summed E-state index contributed by atoms with van der Waals surface area (Å²) >= 11 is 0. The normalized spacial score (nSPS) is 13.2. The van der Waals surface area contributed by atoms with Gasteiger partial charge in [0.05, 0.1) is 87.9 Å². The summed E-state index contributed by atoms with van der Waals surface area (Å²) < 4.78 is -1.17. The molecule has 0 saturated carbocycles. The number of phenolic OH excluding ortho intramolecular Hbond substituents is 2. The monoisotopic (exact) mass is 468 g/mol. The summed E-state index contributed by atoms with van der Waals surface area (Å²) in [5, 5.41) is 50.7. The zero-order valence-electron chi connectivity index (χ0n) is 19.6. The molecule has 1 aliphatic rings. The van der Waals surface area contributed by atoms with Crippen LogP contribution in [0, 0.1) is 22.8 Å². The highest BCUT2D eigenvalue weighted by atomic mass is 16.5. The third-order valence-corrected chi connectivity index (χ3v) is 5.47. The van der Waals surface area contributed by atoms with Gasteiger partial charge in [0.15, 0.2) is 0 Å². The van der Waals surface area contributed by atoms with Crippen LogP contribution in [0.15, 0.2) is 18.2 Å². The van der Waals surface area contributed by atoms with Crippen molar-refractivity contribution in [2.24, 2.45) is 0 Å². The molecule has 0 amide bonds. The number of rotatable bonds is 8. The van der Waals surface area contributed by atoms with Gasteiger partial charge in [-0.05, 0) is 18.2 Å². The number of hydroxylamine groups is 6. The molecule has 0 heterocycles. The lowest BCUT2D eigenvalue weighted by atomic mass is 9.80. The van der Waals surface area contributed by atoms with Gasteiger partial charge in [0.25, 0.3) is 0 Å². The third-order valence-electron chi connectivity index (χ3n) is 5.47. The molecule has 0 unspecified atom stereocenters. The van der Waals surface area contributed by atoms with Gasteiger partial charge in [-0.1, -0.05) is 5.92 Å². The van der Waals surface area contributed by atoms with E-state index in [4.69, 9.17) is 6.42 Å². The van der Waals surface area contributed by atoms with Crippen molar-refractivity contribution in [2.75, 3.05) is 65.0 Å². The van der Waals surface area contributed by atoms with Crippen LogP contribution in [0.3, 0.4) is 0 Å². The molecule has 10 heteroatoms. The van der Waals surface area contributed by atoms with E-state index in [-0.39, 0.29) is 65.4 Å². The van der Waals surface area contributed by atoms with Gasteiger partial charge in [-0.3, -0.25) is 9.59 Å². The van der Waals surface area contributed by atoms with Crippen LogP contribution in [-0.4, -0.2) is 85.4 Å². The van der Waals surface area contributed by atoms with Gasteiger partial charge in [-0.15, -0.1) is 6.42 Å². The molecular formula is C24H28N4O6. The number of aromatic hydroxyl groups is 2. The Morgan fingerprint density at radius 2 is 1.32 bits per heavy atom. The Bertz CT molecular complexity index is 1200. The average Bonchev–Trinajstić information content (AvgIpc) is 2.71. The maximum Gasteiger partial charge on any atom is 0.200 e. The molecule has 0 aliphatic heterocycles. The van der Waals surface area contributed by atoms with Crippen molar-refractivity contribution in [3.05, 3.63) is 56.4 Å². The number of terminal acetylenes is 1. The van der Waals surface area contributed by atoms with Gasteiger partial charge in [-0.25, -0.2) is 0 Å². The van der Waals surface area contributed by atoms with Gasteiger partial charge < -0.3 is 40.6 Å². The fourth-order valence-corrected chi connectivity index (χ4v) is 3.78. The van der Waals surface area contributed by atoms with Crippen LogP contribution < -0.4 is 10.6 Å². The second kappa shape index (κ2) is 8.96. The number of likely N-dealkylation sites (N-methyl/N-ethyl adjacent to an activating group) is 2. The van der Waals surface area contributed by atoms with Gasteiger partial charge in [-0.2, -0.15) is 0 Å². The minimum atomic E-state index is -0.698. The highest BCUT2D eigenvalue weighted by Gasteiger charge is 2.39. The zero-order chi connectivity index (χ0) is 25.4. The van der Waals surface area contributed by atoms with Crippen LogP contribution in [-0.2, 0) is 0 Å². The number of hydrogen-bond acceptors (Lipinski definition) is 8. The maximum absolute atomic E-state index is 13.6. The van der Waals surface area contributed by atoms with Crippen molar-refractivity contribution in [2.45, 2.75) is 0 Å². The molecule has 0 saturated heterocycles. The van der Waals surface area contributed by atoms with Crippen molar-refractivity contribution < 1.29 is 29.1 Å². The van der Waals surface area contributed by atoms with Gasteiger partial charge in [0.1, 0.15) is 11.5 Å². The molecule has 10 nitrogen and oxygen atoms in total. The number of anilines is 2. The van der Waals surface area contributed by atoms with E-state index in [1.54, 1.807) is 0 Å². The summed E-state index contributed by atoms with van der Waals surface area (Å²) in [5.74, 6) is 0.227. The van der Waals surface area contributed by atoms with Crippen molar-refractivity contribution in [1.29, 1.82) is 0 Å². The van der Waals surface area contributed by atoms with Crippen LogP contribution in [0.25, 0.3) is 0 Å². The molecule has 4 N–H and O–H groups in total. The number of quaternary nitrogens is 2. The quantitative estimate of drug-likeness (QED) is 0.170. The molecule has 1 aliphatic carbocycles. The van der Waals surface area contributed by atoms with Crippen LogP contribution in [0.2, 0.25) is 0 Å². The van der Waals surface area contributed by atoms with Crippen LogP contribution in [0.5, 0.6) is 11.5 Å². The molecule has 2 aromatic rings. The fourth-order valence-electron chi connectivity index (χ4n) is 3.78. The molecule has 2 aromatic carbocycles. The molecule has 0 bridgehead atoms. The third kappa shape index (κ3) is 4.98. The van der Waals surface area contributed by atoms with Crippen LogP contribution in [0.1, 0.15) is 37.4 Å². The summed E-state index contributed by atoms with van der Waals surface area (Å²) in [7, 11) is 5.87. The summed E-state index contributed by atoms with van der Waals surface area (Å²) in [6.07, 6.45) is 5.71. The van der Waals surface area contributed by atoms with Crippen molar-refractivity contribution in [1.82, 2.24) is 0 Å². The highest BCUT2D eigenvalue weighted by molar-refractivity contribution is 6.33. The number of phenols is 2. The molecule has 180 valence electrons. The first-order valence-corrected chi connectivity index (χ1v) is 10.6. The fraction of sp³-hybridized carbons (Fsp3) is 0.333. The van der Waals surface area contributed by atoms with E-state index < -0.39 is 32.4 Å². The minimum Gasteiger partial charge on any atom is -0.633 e. The summed E-state index contributed by atoms with van der Waals surface area (Å²) in [5.41, 5.74) is -0.0556. The molecule has 0 atom stereocenters. The predicted molar refractivity (Wildman–Crippen MR) is 129 cm³/mol. The number of ketones is 2. The summed E-state index contributed by atoms with van der Waals surface area (Å²) in [4.78, 5) is 27.1. The van der Waals surface area contributed by atoms with E-state index in [9.17, 15) is 30.2 Å². The smallest absolute Gasteiger partial charge is 0.200 e. The topological polar surface area (TPSA) is 145 Å². The van der Waals surface area contributed by atoms with E-state index >= 15 is 0 Å². The van der Waals surface area contributed by atoms with Crippen molar-refractivity contribution >= 4 is 22.9 Å². The number of carbonyl (C=O) groups excluding carboxylic acids is 2. The second-order valence-electron chi connectivity index (χ2n) is 9.20. The first kappa shape index (κ1) is 25.0. The number of benzene rings is 2. The Kier molecular flexibility index (Phi) is 6.59. The average molecular weight is 469 g/mol. The lowest BCUT2D eigenvalue weighted by Gasteiger charge is -2.34. The number of carbonyl (C=O) groups is 2. The van der Waals surface area contributed by atoms with Crippen LogP contribution in [0.4, 0.5) is 11.4 Å². The number of fused-ring (bicyclic) bond motifs is 2. The molecule has 0 spiro atoms. The molecule has 0 radical (unpaired) electrons. The molecule has 3 rings (SSSR count). The van der Waals surface area contributed by atoms with E-state index in [0.717, 1.165) is 12.1 Å². The second-order valence-corrected chi connectivity index (χ2v) is 9.20. The first-order valence-electron chi connectivity index (χ1n) is 10.6. The minimum absolute atomic E-state index is 0.0352. The van der Waals surface area contributed by atoms with Gasteiger partial charge >= 0.3 is 0 Å². The Balaban J connectivity index is 2.21. The summed E-state index contributed by atoms with van der Waals surface area (Å²) in [6.45, 7) is 0.663. The van der Waals surface area contributed by atoms with Gasteiger partial charge in [0.2, 0.25) is 11.6 Å². The Labute approximate surface area is 197 Å². The van der Waals surface area contributed by atoms with Crippen molar-refractivity contribution in [3.63, 3.8) is 0 Å². The summed E-state index contributed by atoms with van der Waals surface area (Å²) in [6, 6.07) is 3.78. The van der Waals surface area contributed by atoms with Crippen molar-refractivity contribution in [3.8, 4) is 23.8 Å². The maximum atomic E-state index is 13.6. The van der Waals surface area contributed by atoms with E-state index in [0.29, 0.717) is 0 Å². The molecule has 34 heavy (non-hydrogen) atoms. The zero-order valence-corrected chi connectivity index (χ0v) is 19.6. The molecule has 0 aromatic heterocycles. The van der Waals surface area contributed by atoms with E-state index in [2.05, 4.69) is 16.6 Å². The Hall–Kier alpha value is -3.62. The van der Waals surface area contributed by atoms with E-state index in [1.165, 1.54) is 34.3 Å². The number of hydrogen-bond donors (Lipinski definition) is 4. The standard InChI is InChI=1S/C24H28N4O6/c1-6-14-13-15(25-9-11-27(2,3)33)18-21(22(14)26-10-12-28(4,5)34)24(32)20-17(30)8-7-16(29)19(20)23(18)31/h1,7-8,13,25-26,29-30H,9-12H2,2-5H3. The Morgan fingerprint density at radius 1 is 0.853 bits per heavy atom. The lowest BCUT2D eigenvalue weighted by Crippen LogP contribution is -2.37. The molecular weight excluding hydrogens is 440 g/mol. The number of nitrogens with one attached hydrogen (secondary N) is 2.